The number of aryl methyl sites for hydroxylation is 1. The molecule has 0 aliphatic heterocycles. The zero-order chi connectivity index (χ0) is 23.2. The average Bonchev–Trinajstić information content (AvgIpc) is 2.74. The molecule has 3 unspecified atom stereocenters. The predicted molar refractivity (Wildman–Crippen MR) is 120 cm³/mol. The van der Waals surface area contributed by atoms with E-state index in [2.05, 4.69) is 15.6 Å². The van der Waals surface area contributed by atoms with Gasteiger partial charge < -0.3 is 32.0 Å². The summed E-state index contributed by atoms with van der Waals surface area (Å²) in [5.41, 5.74) is 11.6. The lowest BCUT2D eigenvalue weighted by atomic mass is 9.97. The monoisotopic (exact) mass is 433 g/mol. The Morgan fingerprint density at radius 1 is 1.16 bits per heavy atom. The van der Waals surface area contributed by atoms with Crippen molar-refractivity contribution in [3.05, 3.63) is 29.8 Å². The van der Waals surface area contributed by atoms with E-state index < -0.39 is 12.1 Å². The van der Waals surface area contributed by atoms with Crippen LogP contribution < -0.4 is 22.1 Å². The number of amides is 2. The zero-order valence-corrected chi connectivity index (χ0v) is 18.3. The minimum atomic E-state index is -0.716. The highest BCUT2D eigenvalue weighted by Gasteiger charge is 2.27. The van der Waals surface area contributed by atoms with Crippen molar-refractivity contribution in [2.24, 2.45) is 22.4 Å². The number of benzene rings is 1. The van der Waals surface area contributed by atoms with Crippen LogP contribution in [0.1, 0.15) is 51.5 Å². The number of nitrogens with zero attached hydrogens (tertiary/aromatic N) is 1. The summed E-state index contributed by atoms with van der Waals surface area (Å²) in [6, 6.07) is 5.47. The molecule has 0 bridgehead atoms. The summed E-state index contributed by atoms with van der Waals surface area (Å²) in [5.74, 6) is -0.491. The third kappa shape index (κ3) is 10.5. The van der Waals surface area contributed by atoms with Gasteiger partial charge in [0.05, 0.1) is 6.04 Å². The molecule has 3 atom stereocenters. The molecule has 0 saturated carbocycles. The molecule has 9 nitrogen and oxygen atoms in total. The Bertz CT molecular complexity index is 732. The second-order valence-electron chi connectivity index (χ2n) is 7.65. The Morgan fingerprint density at radius 2 is 1.84 bits per heavy atom. The fraction of sp³-hybridized carbons (Fsp3) is 0.545. The molecular formula is C22H35N5O4. The van der Waals surface area contributed by atoms with Crippen LogP contribution in [0.2, 0.25) is 0 Å². The van der Waals surface area contributed by atoms with E-state index in [0.717, 1.165) is 5.56 Å². The number of phenolic OH excluding ortho intramolecular Hbond substituents is 1. The first-order valence-corrected chi connectivity index (χ1v) is 10.6. The third-order valence-electron chi connectivity index (χ3n) is 5.08. The standard InChI is InChI=1S/C22H35N5O4/c1-3-15(2)20(21(31)26-17(14-28)7-5-13-25-22(23)24)27-19(30)8-4-6-16-9-11-18(29)12-10-16/h9-12,14-15,17,20,29H,3-8,13H2,1-2H3,(H,26,31)(H,27,30)(H4,23,24,25). The highest BCUT2D eigenvalue weighted by Crippen LogP contribution is 2.13. The summed E-state index contributed by atoms with van der Waals surface area (Å²) in [5, 5.41) is 14.8. The minimum absolute atomic E-state index is 0.0170. The van der Waals surface area contributed by atoms with E-state index >= 15 is 0 Å². The second-order valence-corrected chi connectivity index (χ2v) is 7.65. The molecule has 0 aliphatic rings. The highest BCUT2D eigenvalue weighted by molar-refractivity contribution is 5.89. The Hall–Kier alpha value is -3.10. The van der Waals surface area contributed by atoms with Gasteiger partial charge in [-0.2, -0.15) is 0 Å². The smallest absolute Gasteiger partial charge is 0.243 e. The van der Waals surface area contributed by atoms with Crippen molar-refractivity contribution in [2.75, 3.05) is 6.54 Å². The third-order valence-corrected chi connectivity index (χ3v) is 5.08. The molecule has 7 N–H and O–H groups in total. The van der Waals surface area contributed by atoms with Gasteiger partial charge >= 0.3 is 0 Å². The molecule has 0 spiro atoms. The molecule has 31 heavy (non-hydrogen) atoms. The van der Waals surface area contributed by atoms with E-state index in [0.29, 0.717) is 44.9 Å². The van der Waals surface area contributed by atoms with E-state index in [-0.39, 0.29) is 35.9 Å². The van der Waals surface area contributed by atoms with Crippen LogP contribution in [0.4, 0.5) is 0 Å². The molecule has 0 heterocycles. The summed E-state index contributed by atoms with van der Waals surface area (Å²) in [6.07, 6.45) is 3.91. The summed E-state index contributed by atoms with van der Waals surface area (Å²) in [4.78, 5) is 40.4. The number of hydrogen-bond donors (Lipinski definition) is 5. The molecular weight excluding hydrogens is 398 g/mol. The zero-order valence-electron chi connectivity index (χ0n) is 18.3. The van der Waals surface area contributed by atoms with Crippen LogP contribution in [0.15, 0.2) is 29.3 Å². The Labute approximate surface area is 183 Å². The summed E-state index contributed by atoms with van der Waals surface area (Å²) in [7, 11) is 0. The fourth-order valence-electron chi connectivity index (χ4n) is 3.03. The van der Waals surface area contributed by atoms with Crippen LogP contribution >= 0.6 is 0 Å². The van der Waals surface area contributed by atoms with Gasteiger partial charge in [-0.15, -0.1) is 0 Å². The van der Waals surface area contributed by atoms with Crippen molar-refractivity contribution in [3.8, 4) is 5.75 Å². The maximum atomic E-state index is 12.7. The second kappa shape index (κ2) is 14.0. The van der Waals surface area contributed by atoms with Crippen molar-refractivity contribution in [3.63, 3.8) is 0 Å². The Balaban J connectivity index is 2.56. The van der Waals surface area contributed by atoms with Gasteiger partial charge in [-0.05, 0) is 49.3 Å². The molecule has 0 fully saturated rings. The van der Waals surface area contributed by atoms with Gasteiger partial charge in [0.25, 0.3) is 0 Å². The SMILES string of the molecule is CCC(C)C(NC(=O)CCCc1ccc(O)cc1)C(=O)NC(C=O)CCCN=C(N)N. The largest absolute Gasteiger partial charge is 0.508 e. The number of rotatable bonds is 14. The number of nitrogens with one attached hydrogen (secondary N) is 2. The van der Waals surface area contributed by atoms with E-state index in [4.69, 9.17) is 11.5 Å². The predicted octanol–water partition coefficient (Wildman–Crippen LogP) is 0.983. The molecule has 0 radical (unpaired) electrons. The van der Waals surface area contributed by atoms with Gasteiger partial charge in [0.15, 0.2) is 5.96 Å². The highest BCUT2D eigenvalue weighted by atomic mass is 16.3. The molecule has 1 aromatic carbocycles. The molecule has 9 heteroatoms. The summed E-state index contributed by atoms with van der Waals surface area (Å²) in [6.45, 7) is 4.19. The number of guanidine groups is 1. The van der Waals surface area contributed by atoms with Crippen LogP contribution in [-0.4, -0.2) is 47.8 Å². The molecule has 1 aromatic rings. The minimum Gasteiger partial charge on any atom is -0.508 e. The van der Waals surface area contributed by atoms with Crippen LogP contribution in [0, 0.1) is 5.92 Å². The van der Waals surface area contributed by atoms with Gasteiger partial charge in [-0.25, -0.2) is 0 Å². The number of nitrogens with two attached hydrogens (primary N) is 2. The number of aromatic hydroxyl groups is 1. The number of carbonyl (C=O) groups is 3. The molecule has 0 saturated heterocycles. The molecule has 0 aliphatic carbocycles. The summed E-state index contributed by atoms with van der Waals surface area (Å²) >= 11 is 0. The van der Waals surface area contributed by atoms with Gasteiger partial charge in [-0.3, -0.25) is 14.6 Å². The quantitative estimate of drug-likeness (QED) is 0.127. The van der Waals surface area contributed by atoms with Gasteiger partial charge in [-0.1, -0.05) is 32.4 Å². The van der Waals surface area contributed by atoms with Crippen molar-refractivity contribution in [1.82, 2.24) is 10.6 Å². The van der Waals surface area contributed by atoms with Crippen LogP contribution in [-0.2, 0) is 20.8 Å². The van der Waals surface area contributed by atoms with Crippen LogP contribution in [0.3, 0.4) is 0 Å². The number of phenols is 1. The van der Waals surface area contributed by atoms with Gasteiger partial charge in [0.1, 0.15) is 18.1 Å². The van der Waals surface area contributed by atoms with Crippen molar-refractivity contribution in [2.45, 2.75) is 64.5 Å². The Morgan fingerprint density at radius 3 is 2.42 bits per heavy atom. The molecule has 1 rings (SSSR count). The number of hydrogen-bond acceptors (Lipinski definition) is 5. The topological polar surface area (TPSA) is 160 Å². The lowest BCUT2D eigenvalue weighted by molar-refractivity contribution is -0.131. The van der Waals surface area contributed by atoms with Crippen LogP contribution in [0.5, 0.6) is 5.75 Å². The number of carbonyl (C=O) groups excluding carboxylic acids is 3. The number of aliphatic imine (C=N–C) groups is 1. The first-order valence-electron chi connectivity index (χ1n) is 10.6. The fourth-order valence-corrected chi connectivity index (χ4v) is 3.03. The lowest BCUT2D eigenvalue weighted by Crippen LogP contribution is -2.52. The lowest BCUT2D eigenvalue weighted by Gasteiger charge is -2.25. The maximum Gasteiger partial charge on any atom is 0.243 e. The van der Waals surface area contributed by atoms with Crippen molar-refractivity contribution < 1.29 is 19.5 Å². The first-order chi connectivity index (χ1) is 14.8. The molecule has 172 valence electrons. The number of aldehydes is 1. The van der Waals surface area contributed by atoms with Crippen molar-refractivity contribution >= 4 is 24.1 Å². The van der Waals surface area contributed by atoms with Crippen LogP contribution in [0.25, 0.3) is 0 Å². The normalized spacial score (nSPS) is 13.5. The van der Waals surface area contributed by atoms with E-state index in [9.17, 15) is 19.5 Å². The first kappa shape index (κ1) is 25.9. The maximum absolute atomic E-state index is 12.7. The van der Waals surface area contributed by atoms with Crippen molar-refractivity contribution in [1.29, 1.82) is 0 Å². The van der Waals surface area contributed by atoms with E-state index in [1.807, 2.05) is 26.0 Å². The van der Waals surface area contributed by atoms with E-state index in [1.165, 1.54) is 0 Å². The Kier molecular flexibility index (Phi) is 11.7. The summed E-state index contributed by atoms with van der Waals surface area (Å²) < 4.78 is 0. The van der Waals surface area contributed by atoms with E-state index in [1.54, 1.807) is 12.1 Å². The molecule has 2 amide bonds. The van der Waals surface area contributed by atoms with Gasteiger partial charge in [0, 0.05) is 13.0 Å². The van der Waals surface area contributed by atoms with Gasteiger partial charge in [0.2, 0.25) is 11.8 Å². The average molecular weight is 434 g/mol. The molecule has 0 aromatic heterocycles.